The van der Waals surface area contributed by atoms with Crippen molar-refractivity contribution in [1.29, 1.82) is 5.26 Å². The van der Waals surface area contributed by atoms with Gasteiger partial charge in [-0.25, -0.2) is 4.98 Å². The summed E-state index contributed by atoms with van der Waals surface area (Å²) in [6, 6.07) is 25.9. The zero-order chi connectivity index (χ0) is 15.6. The SMILES string of the molecule is N#Cc1ccc(-c2c(-c3ccccc3)nc3ccccn23)cc1. The minimum atomic E-state index is 0.656. The largest absolute Gasteiger partial charge is 0.299 e. The van der Waals surface area contributed by atoms with Crippen molar-refractivity contribution in [3.8, 4) is 28.6 Å². The lowest BCUT2D eigenvalue weighted by atomic mass is 10.0. The molecule has 2 aromatic carbocycles. The Hall–Kier alpha value is -3.38. The van der Waals surface area contributed by atoms with Crippen LogP contribution in [0.1, 0.15) is 5.56 Å². The van der Waals surface area contributed by atoms with E-state index in [4.69, 9.17) is 10.2 Å². The molecule has 0 saturated carbocycles. The summed E-state index contributed by atoms with van der Waals surface area (Å²) >= 11 is 0. The molecule has 0 aliphatic rings. The van der Waals surface area contributed by atoms with Crippen molar-refractivity contribution >= 4 is 5.65 Å². The first-order chi connectivity index (χ1) is 11.4. The summed E-state index contributed by atoms with van der Waals surface area (Å²) in [7, 11) is 0. The molecule has 3 heteroatoms. The highest BCUT2D eigenvalue weighted by Crippen LogP contribution is 2.32. The molecule has 0 aliphatic heterocycles. The van der Waals surface area contributed by atoms with Crippen molar-refractivity contribution in [1.82, 2.24) is 9.38 Å². The third kappa shape index (κ3) is 2.27. The fraction of sp³-hybridized carbons (Fsp3) is 0. The van der Waals surface area contributed by atoms with Gasteiger partial charge in [0.15, 0.2) is 0 Å². The van der Waals surface area contributed by atoms with Gasteiger partial charge in [-0.15, -0.1) is 0 Å². The van der Waals surface area contributed by atoms with E-state index in [-0.39, 0.29) is 0 Å². The minimum absolute atomic E-state index is 0.656. The lowest BCUT2D eigenvalue weighted by Gasteiger charge is -2.06. The van der Waals surface area contributed by atoms with E-state index in [1.165, 1.54) is 0 Å². The van der Waals surface area contributed by atoms with E-state index in [1.54, 1.807) is 0 Å². The normalized spacial score (nSPS) is 10.6. The van der Waals surface area contributed by atoms with Gasteiger partial charge in [0.25, 0.3) is 0 Å². The number of fused-ring (bicyclic) bond motifs is 1. The summed E-state index contributed by atoms with van der Waals surface area (Å²) in [5.74, 6) is 0. The Morgan fingerprint density at radius 1 is 0.783 bits per heavy atom. The molecule has 108 valence electrons. The number of benzene rings is 2. The topological polar surface area (TPSA) is 41.1 Å². The van der Waals surface area contributed by atoms with Crippen molar-refractivity contribution < 1.29 is 0 Å². The fourth-order valence-electron chi connectivity index (χ4n) is 2.77. The van der Waals surface area contributed by atoms with Crippen LogP contribution >= 0.6 is 0 Å². The fourth-order valence-corrected chi connectivity index (χ4v) is 2.77. The van der Waals surface area contributed by atoms with Gasteiger partial charge in [0.2, 0.25) is 0 Å². The number of nitrogens with zero attached hydrogens (tertiary/aromatic N) is 3. The standard InChI is InChI=1S/C20H13N3/c21-14-15-9-11-17(12-10-15)20-19(16-6-2-1-3-7-16)22-18-8-4-5-13-23(18)20/h1-13H. The van der Waals surface area contributed by atoms with Crippen LogP contribution in [0.4, 0.5) is 0 Å². The van der Waals surface area contributed by atoms with Crippen LogP contribution in [0.2, 0.25) is 0 Å². The molecule has 0 radical (unpaired) electrons. The molecular weight excluding hydrogens is 282 g/mol. The quantitative estimate of drug-likeness (QED) is 0.544. The van der Waals surface area contributed by atoms with Gasteiger partial charge in [0, 0.05) is 17.3 Å². The summed E-state index contributed by atoms with van der Waals surface area (Å²) in [5, 5.41) is 9.00. The Morgan fingerprint density at radius 3 is 2.26 bits per heavy atom. The summed E-state index contributed by atoms with van der Waals surface area (Å²) in [4.78, 5) is 4.80. The maximum absolute atomic E-state index is 9.00. The molecule has 0 unspecified atom stereocenters. The monoisotopic (exact) mass is 295 g/mol. The third-order valence-corrected chi connectivity index (χ3v) is 3.86. The molecule has 4 rings (SSSR count). The van der Waals surface area contributed by atoms with E-state index in [1.807, 2.05) is 66.9 Å². The minimum Gasteiger partial charge on any atom is -0.299 e. The van der Waals surface area contributed by atoms with Gasteiger partial charge in [0.05, 0.1) is 23.0 Å². The maximum Gasteiger partial charge on any atom is 0.137 e. The van der Waals surface area contributed by atoms with Gasteiger partial charge < -0.3 is 0 Å². The summed E-state index contributed by atoms with van der Waals surface area (Å²) in [5.41, 5.74) is 5.67. The van der Waals surface area contributed by atoms with Gasteiger partial charge in [-0.2, -0.15) is 5.26 Å². The molecule has 2 heterocycles. The second kappa shape index (κ2) is 5.43. The predicted molar refractivity (Wildman–Crippen MR) is 90.8 cm³/mol. The van der Waals surface area contributed by atoms with Crippen molar-refractivity contribution in [3.05, 3.63) is 84.6 Å². The van der Waals surface area contributed by atoms with Gasteiger partial charge in [-0.05, 0) is 24.3 Å². The van der Waals surface area contributed by atoms with Crippen molar-refractivity contribution in [2.45, 2.75) is 0 Å². The number of aromatic nitrogens is 2. The summed E-state index contributed by atoms with van der Waals surface area (Å²) in [6.45, 7) is 0. The molecule has 23 heavy (non-hydrogen) atoms. The maximum atomic E-state index is 9.00. The van der Waals surface area contributed by atoms with Gasteiger partial charge in [-0.3, -0.25) is 4.40 Å². The Kier molecular flexibility index (Phi) is 3.14. The van der Waals surface area contributed by atoms with Gasteiger partial charge >= 0.3 is 0 Å². The molecule has 0 fully saturated rings. The molecule has 0 amide bonds. The molecule has 0 N–H and O–H groups in total. The Labute approximate surface area is 134 Å². The van der Waals surface area contributed by atoms with E-state index < -0.39 is 0 Å². The molecule has 0 atom stereocenters. The molecule has 3 nitrogen and oxygen atoms in total. The molecule has 0 spiro atoms. The summed E-state index contributed by atoms with van der Waals surface area (Å²) in [6.07, 6.45) is 2.02. The zero-order valence-electron chi connectivity index (χ0n) is 12.3. The molecule has 0 bridgehead atoms. The highest BCUT2D eigenvalue weighted by molar-refractivity contribution is 5.82. The van der Waals surface area contributed by atoms with Crippen LogP contribution in [-0.4, -0.2) is 9.38 Å². The van der Waals surface area contributed by atoms with Crippen molar-refractivity contribution in [3.63, 3.8) is 0 Å². The smallest absolute Gasteiger partial charge is 0.137 e. The van der Waals surface area contributed by atoms with Crippen LogP contribution in [-0.2, 0) is 0 Å². The van der Waals surface area contributed by atoms with Crippen LogP contribution < -0.4 is 0 Å². The average molecular weight is 295 g/mol. The number of hydrogen-bond acceptors (Lipinski definition) is 2. The van der Waals surface area contributed by atoms with Crippen LogP contribution in [0.3, 0.4) is 0 Å². The molecule has 2 aromatic heterocycles. The Balaban J connectivity index is 2.01. The van der Waals surface area contributed by atoms with E-state index in [2.05, 4.69) is 22.6 Å². The van der Waals surface area contributed by atoms with E-state index >= 15 is 0 Å². The first-order valence-electron chi connectivity index (χ1n) is 7.40. The van der Waals surface area contributed by atoms with Gasteiger partial charge in [0.1, 0.15) is 5.65 Å². The number of imidazole rings is 1. The van der Waals surface area contributed by atoms with E-state index in [0.29, 0.717) is 5.56 Å². The lowest BCUT2D eigenvalue weighted by Crippen LogP contribution is -1.89. The van der Waals surface area contributed by atoms with Crippen molar-refractivity contribution in [2.24, 2.45) is 0 Å². The third-order valence-electron chi connectivity index (χ3n) is 3.86. The van der Waals surface area contributed by atoms with Gasteiger partial charge in [-0.1, -0.05) is 48.5 Å². The first-order valence-corrected chi connectivity index (χ1v) is 7.40. The predicted octanol–water partition coefficient (Wildman–Crippen LogP) is 4.54. The lowest BCUT2D eigenvalue weighted by molar-refractivity contribution is 1.19. The van der Waals surface area contributed by atoms with E-state index in [9.17, 15) is 0 Å². The first kappa shape index (κ1) is 13.3. The molecule has 0 aliphatic carbocycles. The average Bonchev–Trinajstić information content (AvgIpc) is 3.02. The second-order valence-electron chi connectivity index (χ2n) is 5.29. The Bertz CT molecular complexity index is 1010. The number of rotatable bonds is 2. The zero-order valence-corrected chi connectivity index (χ0v) is 12.3. The number of pyridine rings is 1. The number of hydrogen-bond donors (Lipinski definition) is 0. The highest BCUT2D eigenvalue weighted by atomic mass is 15.0. The molecule has 4 aromatic rings. The molecular formula is C20H13N3. The summed E-state index contributed by atoms with van der Waals surface area (Å²) < 4.78 is 2.09. The van der Waals surface area contributed by atoms with Crippen molar-refractivity contribution in [2.75, 3.05) is 0 Å². The van der Waals surface area contributed by atoms with Crippen LogP contribution in [0, 0.1) is 11.3 Å². The van der Waals surface area contributed by atoms with Crippen LogP contribution in [0.5, 0.6) is 0 Å². The van der Waals surface area contributed by atoms with Crippen LogP contribution in [0.15, 0.2) is 79.0 Å². The second-order valence-corrected chi connectivity index (χ2v) is 5.29. The Morgan fingerprint density at radius 2 is 1.52 bits per heavy atom. The number of nitriles is 1. The highest BCUT2D eigenvalue weighted by Gasteiger charge is 2.15. The van der Waals surface area contributed by atoms with Crippen LogP contribution in [0.25, 0.3) is 28.2 Å². The van der Waals surface area contributed by atoms with E-state index in [0.717, 1.165) is 28.2 Å². The molecule has 0 saturated heterocycles.